The Bertz CT molecular complexity index is 445. The summed E-state index contributed by atoms with van der Waals surface area (Å²) in [7, 11) is 0. The van der Waals surface area contributed by atoms with Crippen LogP contribution in [0.2, 0.25) is 0 Å². The van der Waals surface area contributed by atoms with E-state index in [0.717, 1.165) is 25.7 Å². The number of hydrogen-bond acceptors (Lipinski definition) is 3. The van der Waals surface area contributed by atoms with Crippen LogP contribution in [0.5, 0.6) is 0 Å². The van der Waals surface area contributed by atoms with Crippen molar-refractivity contribution in [3.8, 4) is 0 Å². The molecule has 1 saturated heterocycles. The first kappa shape index (κ1) is 15.8. The lowest BCUT2D eigenvalue weighted by Gasteiger charge is -2.28. The van der Waals surface area contributed by atoms with Gasteiger partial charge in [-0.05, 0) is 32.1 Å². The van der Waals surface area contributed by atoms with Crippen molar-refractivity contribution in [2.24, 2.45) is 11.3 Å². The predicted molar refractivity (Wildman–Crippen MR) is 76.5 cm³/mol. The molecule has 2 rings (SSSR count). The Balaban J connectivity index is 2.08. The van der Waals surface area contributed by atoms with Crippen molar-refractivity contribution in [1.82, 2.24) is 10.2 Å². The highest BCUT2D eigenvalue weighted by Gasteiger charge is 2.44. The third kappa shape index (κ3) is 3.36. The highest BCUT2D eigenvalue weighted by molar-refractivity contribution is 5.88. The Labute approximate surface area is 124 Å². The molecule has 0 bridgehead atoms. The van der Waals surface area contributed by atoms with Gasteiger partial charge < -0.3 is 15.3 Å². The maximum Gasteiger partial charge on any atom is 0.311 e. The number of hydrogen-bond donors (Lipinski definition) is 2. The van der Waals surface area contributed by atoms with Gasteiger partial charge in [-0.2, -0.15) is 0 Å². The lowest BCUT2D eigenvalue weighted by Crippen LogP contribution is -2.51. The molecule has 21 heavy (non-hydrogen) atoms. The van der Waals surface area contributed by atoms with Crippen LogP contribution < -0.4 is 5.32 Å². The summed E-state index contributed by atoms with van der Waals surface area (Å²) in [6.45, 7) is 3.76. The fourth-order valence-electron chi connectivity index (χ4n) is 3.41. The fraction of sp³-hybridized carbons (Fsp3) is 0.800. The molecule has 1 heterocycles. The molecule has 2 unspecified atom stereocenters. The molecule has 0 radical (unpaired) electrons. The topological polar surface area (TPSA) is 86.7 Å². The van der Waals surface area contributed by atoms with Crippen LogP contribution in [0.3, 0.4) is 0 Å². The molecule has 6 heteroatoms. The number of rotatable bonds is 4. The first-order valence-electron chi connectivity index (χ1n) is 7.63. The van der Waals surface area contributed by atoms with E-state index in [0.29, 0.717) is 13.0 Å². The SMILES string of the molecule is CC(=O)NC(C(=O)N1CCC(C)(C(=O)O)C1)C1CCCC1. The molecule has 1 saturated carbocycles. The summed E-state index contributed by atoms with van der Waals surface area (Å²) in [6, 6.07) is -0.499. The van der Waals surface area contributed by atoms with Gasteiger partial charge in [-0.15, -0.1) is 0 Å². The van der Waals surface area contributed by atoms with E-state index in [-0.39, 0.29) is 24.3 Å². The molecule has 2 aliphatic rings. The van der Waals surface area contributed by atoms with Gasteiger partial charge in [-0.25, -0.2) is 0 Å². The zero-order valence-corrected chi connectivity index (χ0v) is 12.7. The summed E-state index contributed by atoms with van der Waals surface area (Å²) in [5, 5.41) is 12.0. The normalized spacial score (nSPS) is 27.6. The van der Waals surface area contributed by atoms with Crippen LogP contribution in [-0.2, 0) is 14.4 Å². The van der Waals surface area contributed by atoms with Crippen LogP contribution in [-0.4, -0.2) is 46.9 Å². The summed E-state index contributed by atoms with van der Waals surface area (Å²) in [5.74, 6) is -1.02. The van der Waals surface area contributed by atoms with Gasteiger partial charge in [0.2, 0.25) is 11.8 Å². The molecule has 2 N–H and O–H groups in total. The lowest BCUT2D eigenvalue weighted by atomic mass is 9.90. The average molecular weight is 296 g/mol. The number of carboxylic acid groups (broad SMARTS) is 1. The molecule has 2 atom stereocenters. The number of carboxylic acids is 1. The predicted octanol–water partition coefficient (Wildman–Crippen LogP) is 1.00. The molecule has 0 aromatic rings. The van der Waals surface area contributed by atoms with Crippen LogP contribution in [0, 0.1) is 11.3 Å². The van der Waals surface area contributed by atoms with Gasteiger partial charge in [-0.1, -0.05) is 12.8 Å². The molecule has 2 amide bonds. The Morgan fingerprint density at radius 1 is 1.29 bits per heavy atom. The number of nitrogens with one attached hydrogen (secondary N) is 1. The zero-order chi connectivity index (χ0) is 15.6. The van der Waals surface area contributed by atoms with Crippen LogP contribution in [0.1, 0.15) is 46.0 Å². The van der Waals surface area contributed by atoms with E-state index >= 15 is 0 Å². The third-order valence-electron chi connectivity index (χ3n) is 4.80. The molecule has 2 fully saturated rings. The van der Waals surface area contributed by atoms with Crippen molar-refractivity contribution in [2.75, 3.05) is 13.1 Å². The van der Waals surface area contributed by atoms with Crippen LogP contribution >= 0.6 is 0 Å². The van der Waals surface area contributed by atoms with Crippen molar-refractivity contribution in [3.05, 3.63) is 0 Å². The molecule has 118 valence electrons. The molecule has 6 nitrogen and oxygen atoms in total. The first-order chi connectivity index (χ1) is 9.83. The minimum Gasteiger partial charge on any atom is -0.481 e. The summed E-state index contributed by atoms with van der Waals surface area (Å²) < 4.78 is 0. The number of nitrogens with zero attached hydrogens (tertiary/aromatic N) is 1. The standard InChI is InChI=1S/C15H24N2O4/c1-10(18)16-12(11-5-3-4-6-11)13(19)17-8-7-15(2,9-17)14(20)21/h11-12H,3-9H2,1-2H3,(H,16,18)(H,20,21). The quantitative estimate of drug-likeness (QED) is 0.810. The minimum absolute atomic E-state index is 0.123. The van der Waals surface area contributed by atoms with Crippen LogP contribution in [0.25, 0.3) is 0 Å². The Morgan fingerprint density at radius 3 is 2.38 bits per heavy atom. The summed E-state index contributed by atoms with van der Waals surface area (Å²) in [6.07, 6.45) is 4.52. The van der Waals surface area contributed by atoms with E-state index in [2.05, 4.69) is 5.32 Å². The molecule has 0 aromatic heterocycles. The summed E-state index contributed by atoms with van der Waals surface area (Å²) in [5.41, 5.74) is -0.869. The summed E-state index contributed by atoms with van der Waals surface area (Å²) >= 11 is 0. The van der Waals surface area contributed by atoms with Gasteiger partial charge in [-0.3, -0.25) is 14.4 Å². The van der Waals surface area contributed by atoms with E-state index in [4.69, 9.17) is 0 Å². The van der Waals surface area contributed by atoms with Gasteiger partial charge >= 0.3 is 5.97 Å². The Kier molecular flexibility index (Phi) is 4.54. The largest absolute Gasteiger partial charge is 0.481 e. The molecular formula is C15H24N2O4. The number of carbonyl (C=O) groups is 3. The van der Waals surface area contributed by atoms with Crippen molar-refractivity contribution < 1.29 is 19.5 Å². The van der Waals surface area contributed by atoms with E-state index in [1.807, 2.05) is 0 Å². The number of amides is 2. The second-order valence-electron chi connectivity index (χ2n) is 6.60. The van der Waals surface area contributed by atoms with Gasteiger partial charge in [0.15, 0.2) is 0 Å². The monoisotopic (exact) mass is 296 g/mol. The summed E-state index contributed by atoms with van der Waals surface area (Å²) in [4.78, 5) is 37.0. The van der Waals surface area contributed by atoms with Gasteiger partial charge in [0.25, 0.3) is 0 Å². The highest BCUT2D eigenvalue weighted by Crippen LogP contribution is 2.33. The zero-order valence-electron chi connectivity index (χ0n) is 12.7. The number of likely N-dealkylation sites (tertiary alicyclic amines) is 1. The second-order valence-corrected chi connectivity index (χ2v) is 6.60. The number of aliphatic carboxylic acids is 1. The van der Waals surface area contributed by atoms with Gasteiger partial charge in [0.05, 0.1) is 5.41 Å². The van der Waals surface area contributed by atoms with E-state index in [9.17, 15) is 19.5 Å². The Morgan fingerprint density at radius 2 is 1.90 bits per heavy atom. The maximum absolute atomic E-state index is 12.7. The molecule has 0 aromatic carbocycles. The van der Waals surface area contributed by atoms with Crippen LogP contribution in [0.4, 0.5) is 0 Å². The fourth-order valence-corrected chi connectivity index (χ4v) is 3.41. The van der Waals surface area contributed by atoms with Crippen LogP contribution in [0.15, 0.2) is 0 Å². The third-order valence-corrected chi connectivity index (χ3v) is 4.80. The lowest BCUT2D eigenvalue weighted by molar-refractivity contribution is -0.147. The van der Waals surface area contributed by atoms with Gasteiger partial charge in [0.1, 0.15) is 6.04 Å². The van der Waals surface area contributed by atoms with Gasteiger partial charge in [0, 0.05) is 20.0 Å². The molecular weight excluding hydrogens is 272 g/mol. The minimum atomic E-state index is -0.869. The average Bonchev–Trinajstić information content (AvgIpc) is 3.05. The van der Waals surface area contributed by atoms with E-state index < -0.39 is 17.4 Å². The molecule has 1 aliphatic carbocycles. The van der Waals surface area contributed by atoms with E-state index in [1.54, 1.807) is 11.8 Å². The first-order valence-corrected chi connectivity index (χ1v) is 7.63. The molecule has 0 spiro atoms. The number of carbonyl (C=O) groups excluding carboxylic acids is 2. The van der Waals surface area contributed by atoms with Crippen molar-refractivity contribution in [3.63, 3.8) is 0 Å². The second kappa shape index (κ2) is 6.03. The van der Waals surface area contributed by atoms with Crippen molar-refractivity contribution in [2.45, 2.75) is 52.0 Å². The molecule has 1 aliphatic heterocycles. The maximum atomic E-state index is 12.7. The highest BCUT2D eigenvalue weighted by atomic mass is 16.4. The smallest absolute Gasteiger partial charge is 0.311 e. The van der Waals surface area contributed by atoms with Crippen molar-refractivity contribution in [1.29, 1.82) is 0 Å². The van der Waals surface area contributed by atoms with Crippen molar-refractivity contribution >= 4 is 17.8 Å². The Hall–Kier alpha value is -1.59. The van der Waals surface area contributed by atoms with E-state index in [1.165, 1.54) is 6.92 Å².